The summed E-state index contributed by atoms with van der Waals surface area (Å²) >= 11 is 0. The van der Waals surface area contributed by atoms with Gasteiger partial charge < -0.3 is 15.2 Å². The molecule has 1 saturated heterocycles. The van der Waals surface area contributed by atoms with Crippen molar-refractivity contribution in [3.63, 3.8) is 0 Å². The van der Waals surface area contributed by atoms with Gasteiger partial charge in [0.1, 0.15) is 0 Å². The number of hydrogen-bond donors (Lipinski definition) is 1. The largest absolute Gasteiger partial charge is 0.383 e. The lowest BCUT2D eigenvalue weighted by atomic mass is 9.93. The Balaban J connectivity index is 2.71. The molecule has 0 aromatic carbocycles. The first kappa shape index (κ1) is 13.9. The zero-order chi connectivity index (χ0) is 12.0. The van der Waals surface area contributed by atoms with E-state index in [1.807, 2.05) is 0 Å². The van der Waals surface area contributed by atoms with E-state index in [9.17, 15) is 0 Å². The lowest BCUT2D eigenvalue weighted by Crippen LogP contribution is -2.58. The van der Waals surface area contributed by atoms with Crippen molar-refractivity contribution in [2.45, 2.75) is 38.3 Å². The third kappa shape index (κ3) is 2.94. The molecule has 1 rings (SSSR count). The third-order valence-electron chi connectivity index (χ3n) is 3.73. The fourth-order valence-corrected chi connectivity index (χ4v) is 2.44. The van der Waals surface area contributed by atoms with Crippen molar-refractivity contribution in [1.82, 2.24) is 4.90 Å². The van der Waals surface area contributed by atoms with Crippen LogP contribution in [-0.2, 0) is 9.47 Å². The van der Waals surface area contributed by atoms with Gasteiger partial charge in [-0.1, -0.05) is 6.92 Å². The zero-order valence-corrected chi connectivity index (χ0v) is 10.9. The van der Waals surface area contributed by atoms with E-state index in [0.717, 1.165) is 39.2 Å². The molecule has 0 saturated carbocycles. The summed E-state index contributed by atoms with van der Waals surface area (Å²) in [5.74, 6) is 0. The minimum atomic E-state index is 0.0357. The van der Waals surface area contributed by atoms with E-state index in [1.165, 1.54) is 0 Å². The molecule has 0 aromatic heterocycles. The first-order chi connectivity index (χ1) is 7.70. The molecule has 16 heavy (non-hydrogen) atoms. The summed E-state index contributed by atoms with van der Waals surface area (Å²) in [6.07, 6.45) is 2.17. The van der Waals surface area contributed by atoms with Gasteiger partial charge in [-0.15, -0.1) is 0 Å². The van der Waals surface area contributed by atoms with Crippen LogP contribution in [0.4, 0.5) is 0 Å². The second-order valence-corrected chi connectivity index (χ2v) is 4.67. The highest BCUT2D eigenvalue weighted by atomic mass is 16.5. The minimum absolute atomic E-state index is 0.0357. The van der Waals surface area contributed by atoms with Crippen LogP contribution >= 0.6 is 0 Å². The van der Waals surface area contributed by atoms with Crippen molar-refractivity contribution < 1.29 is 9.47 Å². The van der Waals surface area contributed by atoms with Crippen molar-refractivity contribution in [2.24, 2.45) is 5.73 Å². The maximum atomic E-state index is 5.97. The van der Waals surface area contributed by atoms with Crippen molar-refractivity contribution in [1.29, 1.82) is 0 Å². The molecular weight excluding hydrogens is 204 g/mol. The fraction of sp³-hybridized carbons (Fsp3) is 1.00. The van der Waals surface area contributed by atoms with Gasteiger partial charge in [0, 0.05) is 32.8 Å². The van der Waals surface area contributed by atoms with Crippen molar-refractivity contribution in [2.75, 3.05) is 40.0 Å². The highest BCUT2D eigenvalue weighted by Crippen LogP contribution is 2.27. The molecule has 4 heteroatoms. The molecule has 1 aliphatic rings. The Labute approximate surface area is 99.1 Å². The summed E-state index contributed by atoms with van der Waals surface area (Å²) < 4.78 is 10.7. The topological polar surface area (TPSA) is 47.7 Å². The van der Waals surface area contributed by atoms with Crippen LogP contribution in [0.1, 0.15) is 26.7 Å². The van der Waals surface area contributed by atoms with E-state index < -0.39 is 0 Å². The van der Waals surface area contributed by atoms with E-state index in [1.54, 1.807) is 7.11 Å². The summed E-state index contributed by atoms with van der Waals surface area (Å²) in [7, 11) is 1.75. The molecule has 2 N–H and O–H groups in total. The van der Waals surface area contributed by atoms with Crippen LogP contribution in [0.2, 0.25) is 0 Å². The maximum absolute atomic E-state index is 5.97. The Bertz CT molecular complexity index is 193. The summed E-state index contributed by atoms with van der Waals surface area (Å²) in [5.41, 5.74) is 6.01. The first-order valence-electron chi connectivity index (χ1n) is 6.23. The van der Waals surface area contributed by atoms with Crippen molar-refractivity contribution >= 4 is 0 Å². The van der Waals surface area contributed by atoms with Crippen molar-refractivity contribution in [3.8, 4) is 0 Å². The first-order valence-corrected chi connectivity index (χ1v) is 6.23. The highest BCUT2D eigenvalue weighted by Gasteiger charge is 2.40. The Morgan fingerprint density at radius 1 is 1.56 bits per heavy atom. The van der Waals surface area contributed by atoms with Crippen molar-refractivity contribution in [3.05, 3.63) is 0 Å². The molecule has 1 heterocycles. The number of nitrogens with zero attached hydrogens (tertiary/aromatic N) is 1. The van der Waals surface area contributed by atoms with Gasteiger partial charge in [0.15, 0.2) is 0 Å². The average Bonchev–Trinajstić information content (AvgIpc) is 2.79. The maximum Gasteiger partial charge on any atom is 0.0663 e. The smallest absolute Gasteiger partial charge is 0.0663 e. The number of ether oxygens (including phenoxy) is 2. The molecule has 0 amide bonds. The van der Waals surface area contributed by atoms with Crippen LogP contribution in [0.15, 0.2) is 0 Å². The lowest BCUT2D eigenvalue weighted by molar-refractivity contribution is 0.0190. The predicted octanol–water partition coefficient (Wildman–Crippen LogP) is 0.851. The van der Waals surface area contributed by atoms with Gasteiger partial charge in [-0.3, -0.25) is 4.90 Å². The van der Waals surface area contributed by atoms with Gasteiger partial charge in [0.05, 0.1) is 18.8 Å². The quantitative estimate of drug-likeness (QED) is 0.704. The predicted molar refractivity (Wildman–Crippen MR) is 65.6 cm³/mol. The molecule has 0 aliphatic carbocycles. The number of rotatable bonds is 7. The molecule has 1 fully saturated rings. The highest BCUT2D eigenvalue weighted by molar-refractivity contribution is 4.96. The zero-order valence-electron chi connectivity index (χ0n) is 10.9. The van der Waals surface area contributed by atoms with Crippen LogP contribution in [0.5, 0.6) is 0 Å². The van der Waals surface area contributed by atoms with Gasteiger partial charge in [0.2, 0.25) is 0 Å². The summed E-state index contributed by atoms with van der Waals surface area (Å²) in [6.45, 7) is 8.42. The van der Waals surface area contributed by atoms with Crippen LogP contribution in [0, 0.1) is 0 Å². The standard InChI is InChI=1S/C12H26N2O2/c1-4-11(2)14(6-8-15-3)12(9-13)5-7-16-10-12/h11H,4-10,13H2,1-3H3. The fourth-order valence-electron chi connectivity index (χ4n) is 2.44. The molecule has 2 unspecified atom stereocenters. The van der Waals surface area contributed by atoms with Crippen LogP contribution in [-0.4, -0.2) is 56.5 Å². The SMILES string of the molecule is CCC(C)N(CCOC)C1(CN)CCOC1. The Kier molecular flexibility index (Phi) is 5.69. The normalized spacial score (nSPS) is 27.6. The van der Waals surface area contributed by atoms with Gasteiger partial charge in [-0.2, -0.15) is 0 Å². The van der Waals surface area contributed by atoms with Crippen LogP contribution < -0.4 is 5.73 Å². The molecule has 2 atom stereocenters. The molecular formula is C12H26N2O2. The molecule has 4 nitrogen and oxygen atoms in total. The number of nitrogens with two attached hydrogens (primary N) is 1. The van der Waals surface area contributed by atoms with E-state index >= 15 is 0 Å². The number of hydrogen-bond acceptors (Lipinski definition) is 4. The summed E-state index contributed by atoms with van der Waals surface area (Å²) in [6, 6.07) is 0.528. The van der Waals surface area contributed by atoms with E-state index in [-0.39, 0.29) is 5.54 Å². The molecule has 96 valence electrons. The Morgan fingerprint density at radius 3 is 2.75 bits per heavy atom. The summed E-state index contributed by atoms with van der Waals surface area (Å²) in [4.78, 5) is 2.48. The summed E-state index contributed by atoms with van der Waals surface area (Å²) in [5, 5.41) is 0. The minimum Gasteiger partial charge on any atom is -0.383 e. The number of methoxy groups -OCH3 is 1. The second kappa shape index (κ2) is 6.55. The van der Waals surface area contributed by atoms with E-state index in [0.29, 0.717) is 12.6 Å². The van der Waals surface area contributed by atoms with Gasteiger partial charge in [-0.05, 0) is 19.8 Å². The Morgan fingerprint density at radius 2 is 2.31 bits per heavy atom. The molecule has 0 radical (unpaired) electrons. The molecule has 0 aromatic rings. The van der Waals surface area contributed by atoms with Gasteiger partial charge in [0.25, 0.3) is 0 Å². The van der Waals surface area contributed by atoms with E-state index in [4.69, 9.17) is 15.2 Å². The van der Waals surface area contributed by atoms with Crippen LogP contribution in [0.25, 0.3) is 0 Å². The monoisotopic (exact) mass is 230 g/mol. The van der Waals surface area contributed by atoms with Gasteiger partial charge in [-0.25, -0.2) is 0 Å². The Hall–Kier alpha value is -0.160. The van der Waals surface area contributed by atoms with Crippen LogP contribution in [0.3, 0.4) is 0 Å². The lowest BCUT2D eigenvalue weighted by Gasteiger charge is -2.43. The van der Waals surface area contributed by atoms with E-state index in [2.05, 4.69) is 18.7 Å². The second-order valence-electron chi connectivity index (χ2n) is 4.67. The third-order valence-corrected chi connectivity index (χ3v) is 3.73. The molecule has 1 aliphatic heterocycles. The molecule has 0 bridgehead atoms. The van der Waals surface area contributed by atoms with Gasteiger partial charge >= 0.3 is 0 Å². The average molecular weight is 230 g/mol. The molecule has 0 spiro atoms.